The number of nitrogens with zero attached hydrogens (tertiary/aromatic N) is 4. The lowest BCUT2D eigenvalue weighted by Gasteiger charge is -2.17. The van der Waals surface area contributed by atoms with E-state index >= 15 is 0 Å². The summed E-state index contributed by atoms with van der Waals surface area (Å²) in [4.78, 5) is 0. The Morgan fingerprint density at radius 3 is 2.68 bits per heavy atom. The summed E-state index contributed by atoms with van der Waals surface area (Å²) in [7, 11) is 0. The van der Waals surface area contributed by atoms with E-state index in [2.05, 4.69) is 27.5 Å². The Morgan fingerprint density at radius 2 is 1.95 bits per heavy atom. The van der Waals surface area contributed by atoms with Gasteiger partial charge in [0, 0.05) is 24.0 Å². The number of hydrogen-bond acceptors (Lipinski definition) is 5. The van der Waals surface area contributed by atoms with E-state index < -0.39 is 0 Å². The monoisotopic (exact) mass is 297 g/mol. The van der Waals surface area contributed by atoms with Crippen LogP contribution in [0.5, 0.6) is 0 Å². The van der Waals surface area contributed by atoms with Gasteiger partial charge in [0.2, 0.25) is 11.8 Å². The molecule has 0 amide bonds. The lowest BCUT2D eigenvalue weighted by atomic mass is 10.2. The second-order valence-electron chi connectivity index (χ2n) is 5.33. The first-order valence-corrected chi connectivity index (χ1v) is 7.34. The third-order valence-electron chi connectivity index (χ3n) is 3.39. The molecule has 0 unspecified atom stereocenters. The van der Waals surface area contributed by atoms with Gasteiger partial charge in [0.1, 0.15) is 0 Å². The van der Waals surface area contributed by atoms with E-state index in [9.17, 15) is 0 Å². The summed E-state index contributed by atoms with van der Waals surface area (Å²) < 4.78 is 7.66. The first kappa shape index (κ1) is 14.5. The molecule has 114 valence electrons. The normalized spacial score (nSPS) is 13.9. The summed E-state index contributed by atoms with van der Waals surface area (Å²) in [6, 6.07) is 11.9. The van der Waals surface area contributed by atoms with E-state index in [1.54, 1.807) is 6.20 Å². The Hall–Kier alpha value is -2.47. The number of benzene rings is 1. The molecule has 1 N–H and O–H groups in total. The molecule has 2 aromatic heterocycles. The van der Waals surface area contributed by atoms with Crippen LogP contribution in [0.15, 0.2) is 53.2 Å². The zero-order valence-corrected chi connectivity index (χ0v) is 12.7. The van der Waals surface area contributed by atoms with E-state index in [0.717, 1.165) is 12.1 Å². The minimum absolute atomic E-state index is 0.0180. The van der Waals surface area contributed by atoms with Gasteiger partial charge >= 0.3 is 0 Å². The van der Waals surface area contributed by atoms with Crippen LogP contribution in [0.2, 0.25) is 0 Å². The lowest BCUT2D eigenvalue weighted by molar-refractivity contribution is 0.362. The van der Waals surface area contributed by atoms with Gasteiger partial charge in [-0.1, -0.05) is 18.2 Å². The molecule has 2 heterocycles. The maximum atomic E-state index is 5.76. The van der Waals surface area contributed by atoms with Crippen molar-refractivity contribution in [2.45, 2.75) is 32.5 Å². The first-order chi connectivity index (χ1) is 10.7. The van der Waals surface area contributed by atoms with Crippen molar-refractivity contribution < 1.29 is 4.42 Å². The number of rotatable bonds is 6. The van der Waals surface area contributed by atoms with Crippen molar-refractivity contribution in [2.75, 3.05) is 0 Å². The van der Waals surface area contributed by atoms with Gasteiger partial charge in [-0.15, -0.1) is 10.2 Å². The van der Waals surface area contributed by atoms with E-state index in [4.69, 9.17) is 4.42 Å². The summed E-state index contributed by atoms with van der Waals surface area (Å²) in [6.45, 7) is 4.91. The summed E-state index contributed by atoms with van der Waals surface area (Å²) in [6.07, 6.45) is 3.73. The molecule has 1 aromatic carbocycles. The van der Waals surface area contributed by atoms with Gasteiger partial charge in [0.15, 0.2) is 0 Å². The third kappa shape index (κ3) is 3.40. The highest BCUT2D eigenvalue weighted by molar-refractivity contribution is 5.51. The summed E-state index contributed by atoms with van der Waals surface area (Å²) in [5.74, 6) is 1.13. The first-order valence-electron chi connectivity index (χ1n) is 7.34. The quantitative estimate of drug-likeness (QED) is 0.757. The summed E-state index contributed by atoms with van der Waals surface area (Å²) in [5.41, 5.74) is 0.929. The van der Waals surface area contributed by atoms with Crippen LogP contribution < -0.4 is 5.32 Å². The van der Waals surface area contributed by atoms with Gasteiger partial charge in [0.05, 0.1) is 12.6 Å². The van der Waals surface area contributed by atoms with Crippen LogP contribution in [0.3, 0.4) is 0 Å². The van der Waals surface area contributed by atoms with E-state index in [0.29, 0.717) is 11.8 Å². The van der Waals surface area contributed by atoms with Gasteiger partial charge in [-0.3, -0.25) is 4.68 Å². The van der Waals surface area contributed by atoms with Crippen LogP contribution >= 0.6 is 0 Å². The lowest BCUT2D eigenvalue weighted by Crippen LogP contribution is -2.33. The van der Waals surface area contributed by atoms with Gasteiger partial charge in [-0.2, -0.15) is 5.10 Å². The fourth-order valence-corrected chi connectivity index (χ4v) is 2.35. The molecule has 22 heavy (non-hydrogen) atoms. The Kier molecular flexibility index (Phi) is 4.29. The van der Waals surface area contributed by atoms with Crippen molar-refractivity contribution in [2.24, 2.45) is 0 Å². The molecule has 0 saturated carbocycles. The van der Waals surface area contributed by atoms with Crippen molar-refractivity contribution in [3.05, 3.63) is 54.7 Å². The number of nitrogens with one attached hydrogen (secondary N) is 1. The van der Waals surface area contributed by atoms with Crippen LogP contribution in [0.1, 0.15) is 25.8 Å². The SMILES string of the molecule is C[C@@H](Cn1cccn1)N[C@H](C)c1nnc(-c2ccccc2)o1. The second kappa shape index (κ2) is 6.53. The highest BCUT2D eigenvalue weighted by Crippen LogP contribution is 2.20. The fraction of sp³-hybridized carbons (Fsp3) is 0.312. The van der Waals surface area contributed by atoms with Crippen LogP contribution in [0.25, 0.3) is 11.5 Å². The predicted molar refractivity (Wildman–Crippen MR) is 83.0 cm³/mol. The smallest absolute Gasteiger partial charge is 0.247 e. The fourth-order valence-electron chi connectivity index (χ4n) is 2.35. The second-order valence-corrected chi connectivity index (χ2v) is 5.33. The van der Waals surface area contributed by atoms with E-state index in [-0.39, 0.29) is 12.1 Å². The Bertz CT molecular complexity index is 692. The molecular weight excluding hydrogens is 278 g/mol. The molecule has 6 nitrogen and oxygen atoms in total. The molecule has 6 heteroatoms. The maximum absolute atomic E-state index is 5.76. The molecule has 3 aromatic rings. The highest BCUT2D eigenvalue weighted by Gasteiger charge is 2.17. The molecule has 0 saturated heterocycles. The van der Waals surface area contributed by atoms with E-state index in [1.807, 2.05) is 54.2 Å². The maximum Gasteiger partial charge on any atom is 0.247 e. The van der Waals surface area contributed by atoms with Crippen molar-refractivity contribution in [1.82, 2.24) is 25.3 Å². The minimum Gasteiger partial charge on any atom is -0.419 e. The third-order valence-corrected chi connectivity index (χ3v) is 3.39. The van der Waals surface area contributed by atoms with Crippen LogP contribution in [-0.2, 0) is 6.54 Å². The zero-order chi connectivity index (χ0) is 15.4. The average Bonchev–Trinajstić information content (AvgIpc) is 3.19. The largest absolute Gasteiger partial charge is 0.419 e. The molecule has 0 aliphatic carbocycles. The molecule has 2 atom stereocenters. The number of hydrogen-bond donors (Lipinski definition) is 1. The molecular formula is C16H19N5O. The van der Waals surface area contributed by atoms with Crippen LogP contribution in [0.4, 0.5) is 0 Å². The minimum atomic E-state index is -0.0180. The molecule has 0 radical (unpaired) electrons. The molecule has 0 fully saturated rings. The topological polar surface area (TPSA) is 68.8 Å². The summed E-state index contributed by atoms with van der Waals surface area (Å²) in [5, 5.41) is 15.9. The zero-order valence-electron chi connectivity index (χ0n) is 12.7. The number of aromatic nitrogens is 4. The van der Waals surface area contributed by atoms with Crippen LogP contribution in [-0.4, -0.2) is 26.0 Å². The summed E-state index contributed by atoms with van der Waals surface area (Å²) >= 11 is 0. The molecule has 0 aliphatic heterocycles. The molecule has 0 spiro atoms. The Morgan fingerprint density at radius 1 is 1.14 bits per heavy atom. The predicted octanol–water partition coefficient (Wildman–Crippen LogP) is 2.67. The van der Waals surface area contributed by atoms with Gasteiger partial charge in [-0.25, -0.2) is 0 Å². The van der Waals surface area contributed by atoms with Gasteiger partial charge in [0.25, 0.3) is 0 Å². The van der Waals surface area contributed by atoms with Crippen molar-refractivity contribution >= 4 is 0 Å². The van der Waals surface area contributed by atoms with Gasteiger partial charge < -0.3 is 9.73 Å². The highest BCUT2D eigenvalue weighted by atomic mass is 16.4. The van der Waals surface area contributed by atoms with Gasteiger partial charge in [-0.05, 0) is 32.0 Å². The molecule has 0 aliphatic rings. The van der Waals surface area contributed by atoms with E-state index in [1.165, 1.54) is 0 Å². The molecule has 3 rings (SSSR count). The van der Waals surface area contributed by atoms with Crippen LogP contribution in [0, 0.1) is 0 Å². The standard InChI is InChI=1S/C16H19N5O/c1-12(11-21-10-6-9-17-21)18-13(2)15-19-20-16(22-15)14-7-4-3-5-8-14/h3-10,12-13,18H,11H2,1-2H3/t12-,13+/m0/s1. The Labute approximate surface area is 129 Å². The van der Waals surface area contributed by atoms with Crippen molar-refractivity contribution in [3.63, 3.8) is 0 Å². The Balaban J connectivity index is 1.63. The van der Waals surface area contributed by atoms with Crippen molar-refractivity contribution in [3.8, 4) is 11.5 Å². The average molecular weight is 297 g/mol. The molecule has 0 bridgehead atoms. The van der Waals surface area contributed by atoms with Crippen molar-refractivity contribution in [1.29, 1.82) is 0 Å².